The Morgan fingerprint density at radius 1 is 1.19 bits per heavy atom. The van der Waals surface area contributed by atoms with Gasteiger partial charge in [-0.25, -0.2) is 9.67 Å². The maximum absolute atomic E-state index is 4.49. The van der Waals surface area contributed by atoms with Crippen molar-refractivity contribution in [2.75, 3.05) is 6.54 Å². The molecule has 0 saturated carbocycles. The minimum absolute atomic E-state index is 0.109. The van der Waals surface area contributed by atoms with E-state index in [2.05, 4.69) is 46.1 Å². The second-order valence-electron chi connectivity index (χ2n) is 5.65. The number of nitrogens with zero attached hydrogens (tertiary/aromatic N) is 5. The fraction of sp³-hybridized carbons (Fsp3) is 0.600. The molecule has 6 nitrogen and oxygen atoms in total. The van der Waals surface area contributed by atoms with E-state index in [1.54, 1.807) is 12.5 Å². The Labute approximate surface area is 126 Å². The summed E-state index contributed by atoms with van der Waals surface area (Å²) in [5, 5.41) is 7.77. The zero-order chi connectivity index (χ0) is 15.2. The molecule has 1 N–H and O–H groups in total. The van der Waals surface area contributed by atoms with Crippen LogP contribution in [0.1, 0.15) is 44.0 Å². The molecule has 0 radical (unpaired) electrons. The lowest BCUT2D eigenvalue weighted by atomic mass is 10.1. The Hall–Kier alpha value is -1.82. The number of hydrogen-bond donors (Lipinski definition) is 1. The highest BCUT2D eigenvalue weighted by atomic mass is 15.3. The molecular weight excluding hydrogens is 264 g/mol. The van der Waals surface area contributed by atoms with Crippen LogP contribution in [0.3, 0.4) is 0 Å². The van der Waals surface area contributed by atoms with Crippen LogP contribution in [0.4, 0.5) is 0 Å². The van der Waals surface area contributed by atoms with Gasteiger partial charge in [0.1, 0.15) is 12.2 Å². The number of likely N-dealkylation sites (N-methyl/N-ethyl adjacent to an activating group) is 1. The molecule has 0 aliphatic rings. The fourth-order valence-electron chi connectivity index (χ4n) is 2.24. The van der Waals surface area contributed by atoms with Crippen molar-refractivity contribution in [3.63, 3.8) is 0 Å². The number of aryl methyl sites for hydroxylation is 1. The van der Waals surface area contributed by atoms with Crippen LogP contribution in [0.5, 0.6) is 0 Å². The summed E-state index contributed by atoms with van der Waals surface area (Å²) in [6.45, 7) is 10.1. The molecule has 2 rings (SSSR count). The largest absolute Gasteiger partial charge is 0.308 e. The van der Waals surface area contributed by atoms with Crippen LogP contribution < -0.4 is 5.32 Å². The molecule has 0 bridgehead atoms. The van der Waals surface area contributed by atoms with E-state index in [0.29, 0.717) is 5.92 Å². The molecule has 1 unspecified atom stereocenters. The SMILES string of the molecule is CCNC(Cc1ncnn1CC(C)C)c1cnc(C)cn1. The van der Waals surface area contributed by atoms with Crippen LogP contribution in [0.2, 0.25) is 0 Å². The topological polar surface area (TPSA) is 68.5 Å². The monoisotopic (exact) mass is 288 g/mol. The van der Waals surface area contributed by atoms with E-state index in [0.717, 1.165) is 36.7 Å². The molecule has 2 heterocycles. The lowest BCUT2D eigenvalue weighted by molar-refractivity contribution is 0.444. The summed E-state index contributed by atoms with van der Waals surface area (Å²) in [5.74, 6) is 1.53. The van der Waals surface area contributed by atoms with Gasteiger partial charge in [-0.2, -0.15) is 5.10 Å². The van der Waals surface area contributed by atoms with Gasteiger partial charge in [-0.1, -0.05) is 20.8 Å². The van der Waals surface area contributed by atoms with Crippen molar-refractivity contribution in [2.24, 2.45) is 5.92 Å². The first kappa shape index (κ1) is 15.6. The highest BCUT2D eigenvalue weighted by molar-refractivity contribution is 5.08. The van der Waals surface area contributed by atoms with E-state index in [1.165, 1.54) is 0 Å². The summed E-state index contributed by atoms with van der Waals surface area (Å²) in [6.07, 6.45) is 6.03. The minimum Gasteiger partial charge on any atom is -0.308 e. The van der Waals surface area contributed by atoms with Crippen molar-refractivity contribution in [3.05, 3.63) is 35.9 Å². The molecule has 0 amide bonds. The molecule has 0 fully saturated rings. The van der Waals surface area contributed by atoms with Crippen LogP contribution in [-0.2, 0) is 13.0 Å². The summed E-state index contributed by atoms with van der Waals surface area (Å²) in [4.78, 5) is 13.2. The predicted molar refractivity (Wildman–Crippen MR) is 81.8 cm³/mol. The third-order valence-corrected chi connectivity index (χ3v) is 3.23. The number of rotatable bonds is 7. The van der Waals surface area contributed by atoms with Crippen molar-refractivity contribution in [2.45, 2.75) is 46.7 Å². The van der Waals surface area contributed by atoms with Crippen LogP contribution >= 0.6 is 0 Å². The molecular formula is C15H24N6. The average Bonchev–Trinajstić information content (AvgIpc) is 2.86. The van der Waals surface area contributed by atoms with E-state index < -0.39 is 0 Å². The van der Waals surface area contributed by atoms with Gasteiger partial charge in [-0.05, 0) is 19.4 Å². The lowest BCUT2D eigenvalue weighted by Gasteiger charge is -2.17. The molecule has 0 aromatic carbocycles. The van der Waals surface area contributed by atoms with Gasteiger partial charge in [0, 0.05) is 19.2 Å². The van der Waals surface area contributed by atoms with Gasteiger partial charge >= 0.3 is 0 Å². The second kappa shape index (κ2) is 7.26. The van der Waals surface area contributed by atoms with Crippen LogP contribution in [-0.4, -0.2) is 31.3 Å². The Bertz CT molecular complexity index is 546. The highest BCUT2D eigenvalue weighted by Crippen LogP contribution is 2.15. The van der Waals surface area contributed by atoms with E-state index in [9.17, 15) is 0 Å². The van der Waals surface area contributed by atoms with Crippen LogP contribution in [0.25, 0.3) is 0 Å². The lowest BCUT2D eigenvalue weighted by Crippen LogP contribution is -2.26. The van der Waals surface area contributed by atoms with Gasteiger partial charge in [0.05, 0.1) is 23.6 Å². The normalized spacial score (nSPS) is 12.8. The quantitative estimate of drug-likeness (QED) is 0.843. The Morgan fingerprint density at radius 2 is 2.00 bits per heavy atom. The molecule has 0 aliphatic carbocycles. The van der Waals surface area contributed by atoms with Gasteiger partial charge < -0.3 is 5.32 Å². The zero-order valence-electron chi connectivity index (χ0n) is 13.2. The standard InChI is InChI=1S/C15H24N6/c1-5-16-13(14-8-17-12(4)7-18-14)6-15-19-10-20-21(15)9-11(2)3/h7-8,10-11,13,16H,5-6,9H2,1-4H3. The smallest absolute Gasteiger partial charge is 0.138 e. The van der Waals surface area contributed by atoms with E-state index >= 15 is 0 Å². The van der Waals surface area contributed by atoms with Gasteiger partial charge in [0.15, 0.2) is 0 Å². The molecule has 0 spiro atoms. The fourth-order valence-corrected chi connectivity index (χ4v) is 2.24. The number of hydrogen-bond acceptors (Lipinski definition) is 5. The molecule has 0 aliphatic heterocycles. The maximum Gasteiger partial charge on any atom is 0.138 e. The van der Waals surface area contributed by atoms with Crippen molar-refractivity contribution in [1.82, 2.24) is 30.0 Å². The molecule has 21 heavy (non-hydrogen) atoms. The van der Waals surface area contributed by atoms with E-state index in [1.807, 2.05) is 17.8 Å². The summed E-state index contributed by atoms with van der Waals surface area (Å²) in [6, 6.07) is 0.109. The molecule has 2 aromatic heterocycles. The zero-order valence-corrected chi connectivity index (χ0v) is 13.2. The van der Waals surface area contributed by atoms with Gasteiger partial charge in [-0.15, -0.1) is 0 Å². The summed E-state index contributed by atoms with van der Waals surface area (Å²) in [5.41, 5.74) is 1.87. The molecule has 0 saturated heterocycles. The summed E-state index contributed by atoms with van der Waals surface area (Å²) < 4.78 is 1.98. The molecule has 2 aromatic rings. The predicted octanol–water partition coefficient (Wildman–Crippen LogP) is 1.93. The number of aromatic nitrogens is 5. The Morgan fingerprint density at radius 3 is 2.62 bits per heavy atom. The number of nitrogens with one attached hydrogen (secondary N) is 1. The Kier molecular flexibility index (Phi) is 5.38. The molecule has 1 atom stereocenters. The van der Waals surface area contributed by atoms with Crippen molar-refractivity contribution >= 4 is 0 Å². The van der Waals surface area contributed by atoms with Gasteiger partial charge in [0.2, 0.25) is 0 Å². The van der Waals surface area contributed by atoms with Crippen LogP contribution in [0.15, 0.2) is 18.7 Å². The van der Waals surface area contributed by atoms with Crippen molar-refractivity contribution in [3.8, 4) is 0 Å². The summed E-state index contributed by atoms with van der Waals surface area (Å²) >= 11 is 0. The summed E-state index contributed by atoms with van der Waals surface area (Å²) in [7, 11) is 0. The molecule has 6 heteroatoms. The highest BCUT2D eigenvalue weighted by Gasteiger charge is 2.17. The van der Waals surface area contributed by atoms with Crippen molar-refractivity contribution in [1.29, 1.82) is 0 Å². The van der Waals surface area contributed by atoms with Crippen molar-refractivity contribution < 1.29 is 0 Å². The Balaban J connectivity index is 2.16. The first-order valence-corrected chi connectivity index (χ1v) is 7.48. The minimum atomic E-state index is 0.109. The first-order valence-electron chi connectivity index (χ1n) is 7.48. The van der Waals surface area contributed by atoms with Gasteiger partial charge in [-0.3, -0.25) is 9.97 Å². The second-order valence-corrected chi connectivity index (χ2v) is 5.65. The van der Waals surface area contributed by atoms with E-state index in [-0.39, 0.29) is 6.04 Å². The van der Waals surface area contributed by atoms with Crippen LogP contribution in [0, 0.1) is 12.8 Å². The maximum atomic E-state index is 4.49. The first-order chi connectivity index (χ1) is 10.1. The molecule has 114 valence electrons. The van der Waals surface area contributed by atoms with Gasteiger partial charge in [0.25, 0.3) is 0 Å². The third kappa shape index (κ3) is 4.32. The van der Waals surface area contributed by atoms with E-state index in [4.69, 9.17) is 0 Å². The average molecular weight is 288 g/mol. The third-order valence-electron chi connectivity index (χ3n) is 3.23.